The van der Waals surface area contributed by atoms with Crippen LogP contribution in [-0.4, -0.2) is 27.9 Å². The molecule has 0 aliphatic heterocycles. The van der Waals surface area contributed by atoms with Crippen molar-refractivity contribution < 1.29 is 14.5 Å². The van der Waals surface area contributed by atoms with Crippen molar-refractivity contribution in [3.05, 3.63) is 56.6 Å². The van der Waals surface area contributed by atoms with Crippen molar-refractivity contribution in [1.82, 2.24) is 15.4 Å². The number of nitro groups is 1. The third-order valence-corrected chi connectivity index (χ3v) is 2.66. The Kier molecular flexibility index (Phi) is 4.32. The van der Waals surface area contributed by atoms with Crippen LogP contribution in [0.5, 0.6) is 5.75 Å². The molecule has 10 nitrogen and oxygen atoms in total. The number of rotatable bonds is 5. The number of hydrogen-bond donors (Lipinski definition) is 3. The lowest BCUT2D eigenvalue weighted by Crippen LogP contribution is -2.31. The van der Waals surface area contributed by atoms with Crippen molar-refractivity contribution in [2.24, 2.45) is 0 Å². The summed E-state index contributed by atoms with van der Waals surface area (Å²) in [5.41, 5.74) is 3.05. The summed E-state index contributed by atoms with van der Waals surface area (Å²) >= 11 is 0. The number of amides is 1. The van der Waals surface area contributed by atoms with Crippen molar-refractivity contribution in [3.63, 3.8) is 0 Å². The average Bonchev–Trinajstić information content (AvgIpc) is 2.52. The van der Waals surface area contributed by atoms with Crippen molar-refractivity contribution in [2.75, 3.05) is 12.5 Å². The monoisotopic (exact) mass is 305 g/mol. The van der Waals surface area contributed by atoms with E-state index in [1.54, 1.807) is 12.1 Å². The standard InChI is InChI=1S/C12H11N5O5/c1-22-8-4-2-7(3-5-8)11(18)16-15-10-9(17(20)21)12(19)14-6-13-10/h2-6H,1H3,(H,16,18)(H2,13,14,15,19). The Bertz CT molecular complexity index is 755. The molecular formula is C12H11N5O5. The zero-order valence-corrected chi connectivity index (χ0v) is 11.3. The summed E-state index contributed by atoms with van der Waals surface area (Å²) in [5.74, 6) is -0.342. The van der Waals surface area contributed by atoms with E-state index in [4.69, 9.17) is 4.74 Å². The van der Waals surface area contributed by atoms with Gasteiger partial charge in [0.15, 0.2) is 0 Å². The molecule has 2 aromatic rings. The molecule has 0 aliphatic rings. The van der Waals surface area contributed by atoms with E-state index in [-0.39, 0.29) is 5.82 Å². The quantitative estimate of drug-likeness (QED) is 0.538. The van der Waals surface area contributed by atoms with E-state index in [0.29, 0.717) is 11.3 Å². The first-order chi connectivity index (χ1) is 10.5. The van der Waals surface area contributed by atoms with Gasteiger partial charge in [-0.2, -0.15) is 0 Å². The largest absolute Gasteiger partial charge is 0.497 e. The van der Waals surface area contributed by atoms with E-state index in [1.165, 1.54) is 19.2 Å². The molecule has 0 spiro atoms. The molecule has 0 fully saturated rings. The summed E-state index contributed by atoms with van der Waals surface area (Å²) in [5, 5.41) is 10.8. The Morgan fingerprint density at radius 1 is 1.36 bits per heavy atom. The number of hydrogen-bond acceptors (Lipinski definition) is 7. The molecule has 1 heterocycles. The minimum atomic E-state index is -0.929. The Hall–Kier alpha value is -3.43. The van der Waals surface area contributed by atoms with Crippen molar-refractivity contribution in [2.45, 2.75) is 0 Å². The molecule has 0 aliphatic carbocycles. The maximum atomic E-state index is 11.9. The molecule has 1 amide bonds. The fourth-order valence-corrected chi connectivity index (χ4v) is 1.58. The minimum Gasteiger partial charge on any atom is -0.497 e. The number of nitrogens with zero attached hydrogens (tertiary/aromatic N) is 2. The lowest BCUT2D eigenvalue weighted by Gasteiger charge is -2.08. The van der Waals surface area contributed by atoms with Crippen LogP contribution in [0.15, 0.2) is 35.4 Å². The zero-order valence-electron chi connectivity index (χ0n) is 11.3. The summed E-state index contributed by atoms with van der Waals surface area (Å²) in [6.07, 6.45) is 0.983. The molecule has 2 rings (SSSR count). The van der Waals surface area contributed by atoms with Crippen LogP contribution in [0.4, 0.5) is 11.5 Å². The van der Waals surface area contributed by atoms with Crippen molar-refractivity contribution in [1.29, 1.82) is 0 Å². The summed E-state index contributed by atoms with van der Waals surface area (Å²) in [7, 11) is 1.49. The van der Waals surface area contributed by atoms with Crippen LogP contribution in [0.3, 0.4) is 0 Å². The van der Waals surface area contributed by atoms with E-state index >= 15 is 0 Å². The van der Waals surface area contributed by atoms with Crippen LogP contribution in [0.25, 0.3) is 0 Å². The Morgan fingerprint density at radius 2 is 2.05 bits per heavy atom. The van der Waals surface area contributed by atoms with Gasteiger partial charge in [-0.1, -0.05) is 0 Å². The second-order valence-electron chi connectivity index (χ2n) is 3.99. The molecule has 0 atom stereocenters. The first-order valence-electron chi connectivity index (χ1n) is 5.95. The molecule has 3 N–H and O–H groups in total. The second-order valence-corrected chi connectivity index (χ2v) is 3.99. The van der Waals surface area contributed by atoms with Crippen LogP contribution in [0.1, 0.15) is 10.4 Å². The molecule has 0 saturated heterocycles. The number of aromatic amines is 1. The highest BCUT2D eigenvalue weighted by molar-refractivity contribution is 5.95. The van der Waals surface area contributed by atoms with Gasteiger partial charge in [-0.05, 0) is 24.3 Å². The Morgan fingerprint density at radius 3 is 2.64 bits per heavy atom. The third-order valence-electron chi connectivity index (χ3n) is 2.66. The number of methoxy groups -OCH3 is 1. The number of benzene rings is 1. The van der Waals surface area contributed by atoms with Crippen LogP contribution < -0.4 is 21.1 Å². The predicted octanol–water partition coefficient (Wildman–Crippen LogP) is 0.444. The average molecular weight is 305 g/mol. The molecular weight excluding hydrogens is 294 g/mol. The van der Waals surface area contributed by atoms with Gasteiger partial charge >= 0.3 is 11.2 Å². The lowest BCUT2D eigenvalue weighted by molar-refractivity contribution is -0.385. The van der Waals surface area contributed by atoms with Gasteiger partial charge in [0.1, 0.15) is 5.75 Å². The highest BCUT2D eigenvalue weighted by atomic mass is 16.6. The predicted molar refractivity (Wildman–Crippen MR) is 75.6 cm³/mol. The van der Waals surface area contributed by atoms with Crippen LogP contribution in [-0.2, 0) is 0 Å². The molecule has 22 heavy (non-hydrogen) atoms. The maximum absolute atomic E-state index is 11.9. The van der Waals surface area contributed by atoms with Gasteiger partial charge in [-0.3, -0.25) is 30.6 Å². The number of ether oxygens (including phenoxy) is 1. The molecule has 114 valence electrons. The van der Waals surface area contributed by atoms with E-state index < -0.39 is 22.1 Å². The number of carbonyl (C=O) groups excluding carboxylic acids is 1. The highest BCUT2D eigenvalue weighted by Crippen LogP contribution is 2.14. The van der Waals surface area contributed by atoms with E-state index in [1.807, 2.05) is 0 Å². The van der Waals surface area contributed by atoms with Gasteiger partial charge in [0.25, 0.3) is 5.91 Å². The van der Waals surface area contributed by atoms with Crippen molar-refractivity contribution >= 4 is 17.4 Å². The van der Waals surface area contributed by atoms with Gasteiger partial charge in [0.05, 0.1) is 18.4 Å². The summed E-state index contributed by atoms with van der Waals surface area (Å²) in [6, 6.07) is 6.19. The first-order valence-corrected chi connectivity index (χ1v) is 5.95. The SMILES string of the molecule is COc1ccc(C(=O)NNc2nc[nH]c(=O)c2[N+](=O)[O-])cc1. The molecule has 10 heteroatoms. The number of anilines is 1. The Labute approximate surface area is 123 Å². The molecule has 1 aromatic carbocycles. The topological polar surface area (TPSA) is 139 Å². The van der Waals surface area contributed by atoms with Gasteiger partial charge in [-0.25, -0.2) is 4.98 Å². The zero-order chi connectivity index (χ0) is 16.1. The smallest absolute Gasteiger partial charge is 0.377 e. The first kappa shape index (κ1) is 15.0. The Balaban J connectivity index is 2.13. The van der Waals surface area contributed by atoms with E-state index in [0.717, 1.165) is 6.33 Å². The van der Waals surface area contributed by atoms with Crippen LogP contribution in [0, 0.1) is 10.1 Å². The number of aromatic nitrogens is 2. The van der Waals surface area contributed by atoms with Gasteiger partial charge < -0.3 is 9.72 Å². The highest BCUT2D eigenvalue weighted by Gasteiger charge is 2.20. The van der Waals surface area contributed by atoms with Gasteiger partial charge in [0.2, 0.25) is 5.82 Å². The summed E-state index contributed by atoms with van der Waals surface area (Å²) in [4.78, 5) is 38.8. The minimum absolute atomic E-state index is 0.292. The van der Waals surface area contributed by atoms with Crippen LogP contribution in [0.2, 0.25) is 0 Å². The van der Waals surface area contributed by atoms with Gasteiger partial charge in [-0.15, -0.1) is 0 Å². The molecule has 0 unspecified atom stereocenters. The second kappa shape index (κ2) is 6.35. The van der Waals surface area contributed by atoms with E-state index in [9.17, 15) is 19.7 Å². The third kappa shape index (κ3) is 3.17. The maximum Gasteiger partial charge on any atom is 0.377 e. The number of carbonyl (C=O) groups is 1. The molecule has 0 radical (unpaired) electrons. The van der Waals surface area contributed by atoms with Crippen LogP contribution >= 0.6 is 0 Å². The van der Waals surface area contributed by atoms with Gasteiger partial charge in [0, 0.05) is 5.56 Å². The molecule has 0 saturated carbocycles. The van der Waals surface area contributed by atoms with E-state index in [2.05, 4.69) is 20.8 Å². The normalized spacial score (nSPS) is 9.86. The summed E-state index contributed by atoms with van der Waals surface area (Å²) in [6.45, 7) is 0. The fraction of sp³-hybridized carbons (Fsp3) is 0.0833. The molecule has 1 aromatic heterocycles. The lowest BCUT2D eigenvalue weighted by atomic mass is 10.2. The van der Waals surface area contributed by atoms with Crippen molar-refractivity contribution in [3.8, 4) is 5.75 Å². The summed E-state index contributed by atoms with van der Waals surface area (Å²) < 4.78 is 4.96. The number of H-pyrrole nitrogens is 1. The fourth-order valence-electron chi connectivity index (χ4n) is 1.58. The molecule has 0 bridgehead atoms. The number of hydrazine groups is 1. The number of nitrogens with one attached hydrogen (secondary N) is 3.